The lowest BCUT2D eigenvalue weighted by Gasteiger charge is -2.20. The first kappa shape index (κ1) is 12.7. The molecule has 2 unspecified atom stereocenters. The van der Waals surface area contributed by atoms with Gasteiger partial charge in [0.25, 0.3) is 5.91 Å². The van der Waals surface area contributed by atoms with E-state index < -0.39 is 5.91 Å². The van der Waals surface area contributed by atoms with Gasteiger partial charge in [-0.25, -0.2) is 0 Å². The molecule has 2 atom stereocenters. The van der Waals surface area contributed by atoms with Crippen LogP contribution in [0, 0.1) is 5.92 Å². The number of benzene rings is 1. The Morgan fingerprint density at radius 3 is 2.67 bits per heavy atom. The minimum Gasteiger partial charge on any atom is -0.507 e. The van der Waals surface area contributed by atoms with Crippen molar-refractivity contribution < 1.29 is 15.0 Å². The molecule has 2 rings (SSSR count). The molecule has 0 spiro atoms. The number of rotatable bonds is 3. The second-order valence-electron chi connectivity index (χ2n) is 4.69. The average Bonchev–Trinajstić information content (AvgIpc) is 2.81. The number of phenolic OH excluding ortho intramolecular Hbond substituents is 2. The van der Waals surface area contributed by atoms with E-state index in [-0.39, 0.29) is 23.1 Å². The molecule has 1 aromatic carbocycles. The van der Waals surface area contributed by atoms with Gasteiger partial charge in [0, 0.05) is 6.04 Å². The molecule has 1 fully saturated rings. The van der Waals surface area contributed by atoms with Crippen LogP contribution >= 0.6 is 0 Å². The van der Waals surface area contributed by atoms with Crippen LogP contribution < -0.4 is 10.6 Å². The minimum absolute atomic E-state index is 0.00602. The van der Waals surface area contributed by atoms with E-state index in [4.69, 9.17) is 0 Å². The molecule has 4 N–H and O–H groups in total. The maximum absolute atomic E-state index is 12.0. The van der Waals surface area contributed by atoms with Crippen molar-refractivity contribution >= 4 is 5.91 Å². The number of carbonyl (C=O) groups excluding carboxylic acids is 1. The number of phenols is 2. The summed E-state index contributed by atoms with van der Waals surface area (Å²) in [5.41, 5.74) is -0.0599. The molecule has 1 heterocycles. The maximum Gasteiger partial charge on any atom is 0.259 e. The van der Waals surface area contributed by atoms with Crippen LogP contribution in [0.15, 0.2) is 18.2 Å². The molecule has 0 bridgehead atoms. The maximum atomic E-state index is 12.0. The number of amides is 1. The van der Waals surface area contributed by atoms with E-state index in [0.717, 1.165) is 19.5 Å². The SMILES string of the molecule is CC(NC(=O)c1c(O)cccc1O)C1CCNC1. The lowest BCUT2D eigenvalue weighted by molar-refractivity contribution is 0.0923. The summed E-state index contributed by atoms with van der Waals surface area (Å²) in [5.74, 6) is -0.458. The lowest BCUT2D eigenvalue weighted by Crippen LogP contribution is -2.38. The Hall–Kier alpha value is -1.75. The Bertz CT molecular complexity index is 422. The third-order valence-electron chi connectivity index (χ3n) is 3.41. The van der Waals surface area contributed by atoms with Crippen molar-refractivity contribution in [3.63, 3.8) is 0 Å². The summed E-state index contributed by atoms with van der Waals surface area (Å²) in [6.07, 6.45) is 1.02. The highest BCUT2D eigenvalue weighted by molar-refractivity contribution is 5.99. The van der Waals surface area contributed by atoms with Crippen LogP contribution in [0.5, 0.6) is 11.5 Å². The molecule has 0 saturated carbocycles. The van der Waals surface area contributed by atoms with Crippen molar-refractivity contribution in [2.45, 2.75) is 19.4 Å². The van der Waals surface area contributed by atoms with Crippen molar-refractivity contribution in [1.29, 1.82) is 0 Å². The van der Waals surface area contributed by atoms with E-state index in [1.807, 2.05) is 6.92 Å². The molecule has 0 aliphatic carbocycles. The van der Waals surface area contributed by atoms with Gasteiger partial charge in [0.05, 0.1) is 0 Å². The summed E-state index contributed by atoms with van der Waals surface area (Å²) >= 11 is 0. The van der Waals surface area contributed by atoms with Gasteiger partial charge in [0.15, 0.2) is 0 Å². The molecule has 1 amide bonds. The molecule has 1 aliphatic rings. The molecule has 0 aromatic heterocycles. The van der Waals surface area contributed by atoms with Crippen molar-refractivity contribution in [3.8, 4) is 11.5 Å². The molecule has 5 nitrogen and oxygen atoms in total. The van der Waals surface area contributed by atoms with E-state index in [1.165, 1.54) is 18.2 Å². The lowest BCUT2D eigenvalue weighted by atomic mass is 10.00. The minimum atomic E-state index is -0.440. The third-order valence-corrected chi connectivity index (χ3v) is 3.41. The second-order valence-corrected chi connectivity index (χ2v) is 4.69. The monoisotopic (exact) mass is 250 g/mol. The van der Waals surface area contributed by atoms with Crippen LogP contribution in [0.2, 0.25) is 0 Å². The Kier molecular flexibility index (Phi) is 3.72. The zero-order valence-electron chi connectivity index (χ0n) is 10.3. The normalized spacial score (nSPS) is 20.6. The van der Waals surface area contributed by atoms with E-state index in [1.54, 1.807) is 0 Å². The number of aromatic hydroxyl groups is 2. The fraction of sp³-hybridized carbons (Fsp3) is 0.462. The molecular formula is C13H18N2O3. The molecule has 5 heteroatoms. The fourth-order valence-electron chi connectivity index (χ4n) is 2.26. The van der Waals surface area contributed by atoms with Crippen LogP contribution in [-0.4, -0.2) is 35.3 Å². The predicted molar refractivity (Wildman–Crippen MR) is 67.7 cm³/mol. The molecule has 18 heavy (non-hydrogen) atoms. The first-order valence-electron chi connectivity index (χ1n) is 6.12. The summed E-state index contributed by atoms with van der Waals surface area (Å²) in [6.45, 7) is 3.79. The van der Waals surface area contributed by atoms with E-state index in [2.05, 4.69) is 10.6 Å². The highest BCUT2D eigenvalue weighted by Gasteiger charge is 2.24. The van der Waals surface area contributed by atoms with Crippen LogP contribution in [0.1, 0.15) is 23.7 Å². The van der Waals surface area contributed by atoms with Gasteiger partial charge >= 0.3 is 0 Å². The van der Waals surface area contributed by atoms with E-state index >= 15 is 0 Å². The molecule has 98 valence electrons. The summed E-state index contributed by atoms with van der Waals surface area (Å²) < 4.78 is 0. The van der Waals surface area contributed by atoms with Gasteiger partial charge in [-0.2, -0.15) is 0 Å². The summed E-state index contributed by atoms with van der Waals surface area (Å²) in [6, 6.07) is 4.27. The van der Waals surface area contributed by atoms with Crippen LogP contribution in [0.3, 0.4) is 0 Å². The summed E-state index contributed by atoms with van der Waals surface area (Å²) in [7, 11) is 0. The van der Waals surface area contributed by atoms with E-state index in [0.29, 0.717) is 5.92 Å². The Balaban J connectivity index is 2.07. The summed E-state index contributed by atoms with van der Waals surface area (Å²) in [4.78, 5) is 12.0. The standard InChI is InChI=1S/C13H18N2O3/c1-8(9-5-6-14-7-9)15-13(18)12-10(16)3-2-4-11(12)17/h2-4,8-9,14,16-17H,5-7H2,1H3,(H,15,18). The van der Waals surface area contributed by atoms with Crippen molar-refractivity contribution in [2.24, 2.45) is 5.92 Å². The topological polar surface area (TPSA) is 81.6 Å². The van der Waals surface area contributed by atoms with Gasteiger partial charge in [0.2, 0.25) is 0 Å². The number of carbonyl (C=O) groups is 1. The number of hydrogen-bond acceptors (Lipinski definition) is 4. The predicted octanol–water partition coefficient (Wildman–Crippen LogP) is 0.826. The van der Waals surface area contributed by atoms with Gasteiger partial charge in [-0.15, -0.1) is 0 Å². The van der Waals surface area contributed by atoms with Crippen molar-refractivity contribution in [1.82, 2.24) is 10.6 Å². The Labute approximate surface area is 106 Å². The second kappa shape index (κ2) is 5.27. The average molecular weight is 250 g/mol. The molecule has 1 saturated heterocycles. The quantitative estimate of drug-likeness (QED) is 0.640. The first-order valence-corrected chi connectivity index (χ1v) is 6.12. The summed E-state index contributed by atoms with van der Waals surface area (Å²) in [5, 5.41) is 25.3. The first-order chi connectivity index (χ1) is 8.59. The van der Waals surface area contributed by atoms with Crippen LogP contribution in [-0.2, 0) is 0 Å². The van der Waals surface area contributed by atoms with Gasteiger partial charge in [-0.3, -0.25) is 4.79 Å². The van der Waals surface area contributed by atoms with Crippen molar-refractivity contribution in [3.05, 3.63) is 23.8 Å². The van der Waals surface area contributed by atoms with E-state index in [9.17, 15) is 15.0 Å². The third kappa shape index (κ3) is 2.56. The van der Waals surface area contributed by atoms with Gasteiger partial charge in [-0.05, 0) is 44.5 Å². The number of nitrogens with one attached hydrogen (secondary N) is 2. The van der Waals surface area contributed by atoms with Crippen LogP contribution in [0.4, 0.5) is 0 Å². The largest absolute Gasteiger partial charge is 0.507 e. The van der Waals surface area contributed by atoms with Crippen LogP contribution in [0.25, 0.3) is 0 Å². The van der Waals surface area contributed by atoms with Crippen molar-refractivity contribution in [2.75, 3.05) is 13.1 Å². The molecule has 1 aromatic rings. The fourth-order valence-corrected chi connectivity index (χ4v) is 2.26. The Morgan fingerprint density at radius 1 is 1.44 bits per heavy atom. The zero-order chi connectivity index (χ0) is 13.1. The molecule has 1 aliphatic heterocycles. The van der Waals surface area contributed by atoms with Gasteiger partial charge in [0.1, 0.15) is 17.1 Å². The molecule has 0 radical (unpaired) electrons. The molecular weight excluding hydrogens is 232 g/mol. The van der Waals surface area contributed by atoms with Gasteiger partial charge < -0.3 is 20.8 Å². The highest BCUT2D eigenvalue weighted by Crippen LogP contribution is 2.26. The smallest absolute Gasteiger partial charge is 0.259 e. The highest BCUT2D eigenvalue weighted by atomic mass is 16.3. The van der Waals surface area contributed by atoms with Gasteiger partial charge in [-0.1, -0.05) is 6.07 Å². The number of hydrogen-bond donors (Lipinski definition) is 4. The zero-order valence-corrected chi connectivity index (χ0v) is 10.3. The Morgan fingerprint density at radius 2 is 2.11 bits per heavy atom.